The Morgan fingerprint density at radius 1 is 1.55 bits per heavy atom. The molecule has 0 saturated heterocycles. The van der Waals surface area contributed by atoms with Crippen LogP contribution in [0, 0.1) is 5.82 Å². The molecule has 1 N–H and O–H groups in total. The quantitative estimate of drug-likeness (QED) is 0.643. The molecular formula is C7H5FNO2-. The van der Waals surface area contributed by atoms with Crippen LogP contribution in [-0.2, 0) is 0 Å². The number of halogens is 1. The molecule has 11 heavy (non-hydrogen) atoms. The summed E-state index contributed by atoms with van der Waals surface area (Å²) in [4.78, 5) is 9.94. The van der Waals surface area contributed by atoms with E-state index in [-0.39, 0.29) is 5.69 Å². The first-order valence-electron chi connectivity index (χ1n) is 2.92. The van der Waals surface area contributed by atoms with Crippen molar-refractivity contribution < 1.29 is 14.3 Å². The second kappa shape index (κ2) is 3.01. The third-order valence-electron chi connectivity index (χ3n) is 1.07. The predicted molar refractivity (Wildman–Crippen MR) is 35.4 cm³/mol. The summed E-state index contributed by atoms with van der Waals surface area (Å²) >= 11 is 0. The smallest absolute Gasteiger partial charge is 0.138 e. The number of carbonyl (C=O) groups excluding carboxylic acids is 1. The Balaban J connectivity index is 2.79. The van der Waals surface area contributed by atoms with Crippen LogP contribution in [0.1, 0.15) is 0 Å². The van der Waals surface area contributed by atoms with E-state index >= 15 is 0 Å². The molecule has 0 aliphatic heterocycles. The molecule has 0 unspecified atom stereocenters. The molecule has 3 nitrogen and oxygen atoms in total. The first kappa shape index (κ1) is 7.53. The molecule has 0 aliphatic carbocycles. The standard InChI is InChI=1S/C7H6FNO2/c8-5-2-1-3-6(4-5)9-7(10)11/h1-4,9H,(H,10,11)/p-1. The largest absolute Gasteiger partial charge is 0.530 e. The number of anilines is 1. The first-order chi connectivity index (χ1) is 5.18. The molecule has 0 bridgehead atoms. The highest BCUT2D eigenvalue weighted by Gasteiger charge is 1.92. The van der Waals surface area contributed by atoms with Crippen LogP contribution in [0.3, 0.4) is 0 Å². The van der Waals surface area contributed by atoms with Crippen molar-refractivity contribution in [3.8, 4) is 0 Å². The Hall–Kier alpha value is -1.58. The monoisotopic (exact) mass is 154 g/mol. The summed E-state index contributed by atoms with van der Waals surface area (Å²) < 4.78 is 12.4. The number of hydrogen-bond acceptors (Lipinski definition) is 2. The lowest BCUT2D eigenvalue weighted by molar-refractivity contribution is -0.242. The summed E-state index contributed by atoms with van der Waals surface area (Å²) in [5.74, 6) is -0.490. The number of carboxylic acid groups (broad SMARTS) is 1. The molecule has 1 amide bonds. The fourth-order valence-corrected chi connectivity index (χ4v) is 0.684. The van der Waals surface area contributed by atoms with Crippen molar-refractivity contribution in [1.82, 2.24) is 0 Å². The van der Waals surface area contributed by atoms with Gasteiger partial charge in [-0.05, 0) is 18.2 Å². The number of benzene rings is 1. The molecule has 0 aliphatic rings. The van der Waals surface area contributed by atoms with E-state index in [4.69, 9.17) is 0 Å². The zero-order valence-corrected chi connectivity index (χ0v) is 5.50. The molecule has 0 fully saturated rings. The summed E-state index contributed by atoms with van der Waals surface area (Å²) in [5, 5.41) is 11.8. The molecule has 58 valence electrons. The maximum atomic E-state index is 12.4. The Bertz CT molecular complexity index is 275. The fraction of sp³-hybridized carbons (Fsp3) is 0. The Kier molecular flexibility index (Phi) is 2.06. The topological polar surface area (TPSA) is 52.2 Å². The fourth-order valence-electron chi connectivity index (χ4n) is 0.684. The highest BCUT2D eigenvalue weighted by atomic mass is 19.1. The molecule has 1 aromatic rings. The summed E-state index contributed by atoms with van der Waals surface area (Å²) in [6.07, 6.45) is -1.45. The van der Waals surface area contributed by atoms with Crippen LogP contribution in [0.25, 0.3) is 0 Å². The minimum Gasteiger partial charge on any atom is -0.530 e. The zero-order chi connectivity index (χ0) is 8.27. The molecule has 0 spiro atoms. The van der Waals surface area contributed by atoms with Crippen molar-refractivity contribution in [2.24, 2.45) is 0 Å². The lowest BCUT2D eigenvalue weighted by Gasteiger charge is -2.04. The van der Waals surface area contributed by atoms with Gasteiger partial charge in [0.2, 0.25) is 0 Å². The highest BCUT2D eigenvalue weighted by Crippen LogP contribution is 2.07. The lowest BCUT2D eigenvalue weighted by Crippen LogP contribution is -2.28. The van der Waals surface area contributed by atoms with Crippen molar-refractivity contribution in [2.45, 2.75) is 0 Å². The summed E-state index contributed by atoms with van der Waals surface area (Å²) in [6, 6.07) is 5.12. The van der Waals surface area contributed by atoms with Gasteiger partial charge in [0.1, 0.15) is 11.9 Å². The minimum atomic E-state index is -1.45. The molecule has 1 rings (SSSR count). The first-order valence-corrected chi connectivity index (χ1v) is 2.92. The van der Waals surface area contributed by atoms with E-state index in [1.807, 2.05) is 5.32 Å². The molecule has 0 saturated carbocycles. The van der Waals surface area contributed by atoms with Crippen LogP contribution in [0.4, 0.5) is 14.9 Å². The molecule has 0 aromatic heterocycles. The van der Waals surface area contributed by atoms with E-state index in [9.17, 15) is 14.3 Å². The van der Waals surface area contributed by atoms with Gasteiger partial charge in [0.25, 0.3) is 0 Å². The molecule has 1 aromatic carbocycles. The van der Waals surface area contributed by atoms with E-state index in [1.54, 1.807) is 0 Å². The SMILES string of the molecule is O=C([O-])Nc1cccc(F)c1. The maximum absolute atomic E-state index is 12.4. The van der Waals surface area contributed by atoms with Gasteiger partial charge in [-0.3, -0.25) is 0 Å². The van der Waals surface area contributed by atoms with Gasteiger partial charge in [0, 0.05) is 5.69 Å². The Morgan fingerprint density at radius 2 is 2.27 bits per heavy atom. The van der Waals surface area contributed by atoms with Crippen molar-refractivity contribution in [1.29, 1.82) is 0 Å². The summed E-state index contributed by atoms with van der Waals surface area (Å²) in [7, 11) is 0. The predicted octanol–water partition coefficient (Wildman–Crippen LogP) is 0.581. The number of nitrogens with one attached hydrogen (secondary N) is 1. The van der Waals surface area contributed by atoms with Gasteiger partial charge in [-0.15, -0.1) is 0 Å². The third kappa shape index (κ3) is 2.25. The summed E-state index contributed by atoms with van der Waals surface area (Å²) in [5.41, 5.74) is 0.171. The van der Waals surface area contributed by atoms with Crippen LogP contribution < -0.4 is 10.4 Å². The molecular weight excluding hydrogens is 149 g/mol. The van der Waals surface area contributed by atoms with Gasteiger partial charge >= 0.3 is 0 Å². The van der Waals surface area contributed by atoms with Gasteiger partial charge < -0.3 is 15.2 Å². The van der Waals surface area contributed by atoms with Gasteiger partial charge in [-0.1, -0.05) is 6.07 Å². The highest BCUT2D eigenvalue weighted by molar-refractivity contribution is 5.80. The van der Waals surface area contributed by atoms with E-state index in [2.05, 4.69) is 0 Å². The zero-order valence-electron chi connectivity index (χ0n) is 5.50. The van der Waals surface area contributed by atoms with Crippen LogP contribution in [0.5, 0.6) is 0 Å². The molecule has 4 heteroatoms. The van der Waals surface area contributed by atoms with Gasteiger partial charge in [0.15, 0.2) is 0 Å². The van der Waals surface area contributed by atoms with Crippen molar-refractivity contribution >= 4 is 11.8 Å². The second-order valence-electron chi connectivity index (χ2n) is 1.92. The van der Waals surface area contributed by atoms with Crippen LogP contribution >= 0.6 is 0 Å². The van der Waals surface area contributed by atoms with E-state index in [0.717, 1.165) is 6.07 Å². The molecule has 0 heterocycles. The lowest BCUT2D eigenvalue weighted by atomic mass is 10.3. The Morgan fingerprint density at radius 3 is 2.82 bits per heavy atom. The van der Waals surface area contributed by atoms with Crippen molar-refractivity contribution in [3.63, 3.8) is 0 Å². The number of rotatable bonds is 1. The van der Waals surface area contributed by atoms with Crippen molar-refractivity contribution in [2.75, 3.05) is 5.32 Å². The van der Waals surface area contributed by atoms with Gasteiger partial charge in [-0.2, -0.15) is 0 Å². The van der Waals surface area contributed by atoms with Crippen molar-refractivity contribution in [3.05, 3.63) is 30.1 Å². The Labute approximate surface area is 62.5 Å². The normalized spacial score (nSPS) is 9.18. The van der Waals surface area contributed by atoms with E-state index in [1.165, 1.54) is 18.2 Å². The number of hydrogen-bond donors (Lipinski definition) is 1. The van der Waals surface area contributed by atoms with Crippen LogP contribution in [0.2, 0.25) is 0 Å². The molecule has 0 atom stereocenters. The third-order valence-corrected chi connectivity index (χ3v) is 1.07. The minimum absolute atomic E-state index is 0.171. The average molecular weight is 154 g/mol. The van der Waals surface area contributed by atoms with Gasteiger partial charge in [-0.25, -0.2) is 4.39 Å². The van der Waals surface area contributed by atoms with Crippen LogP contribution in [0.15, 0.2) is 24.3 Å². The van der Waals surface area contributed by atoms with Crippen LogP contribution in [-0.4, -0.2) is 6.09 Å². The average Bonchev–Trinajstić information content (AvgIpc) is 1.85. The second-order valence-corrected chi connectivity index (χ2v) is 1.92. The summed E-state index contributed by atoms with van der Waals surface area (Å²) in [6.45, 7) is 0. The molecule has 0 radical (unpaired) electrons. The maximum Gasteiger partial charge on any atom is 0.138 e. The van der Waals surface area contributed by atoms with E-state index < -0.39 is 11.9 Å². The number of carbonyl (C=O) groups is 1. The van der Waals surface area contributed by atoms with Gasteiger partial charge in [0.05, 0.1) is 0 Å². The van der Waals surface area contributed by atoms with E-state index in [0.29, 0.717) is 0 Å². The number of amides is 1.